The van der Waals surface area contributed by atoms with Crippen molar-refractivity contribution >= 4 is 0 Å². The summed E-state index contributed by atoms with van der Waals surface area (Å²) in [5, 5.41) is 0. The second-order valence-corrected chi connectivity index (χ2v) is 3.34. The van der Waals surface area contributed by atoms with Crippen LogP contribution in [0.4, 0.5) is 0 Å². The molecule has 0 aromatic rings. The minimum absolute atomic E-state index is 0.0297. The highest BCUT2D eigenvalue weighted by Crippen LogP contribution is 2.28. The van der Waals surface area contributed by atoms with Gasteiger partial charge in [0.15, 0.2) is 0 Å². The van der Waals surface area contributed by atoms with Crippen LogP contribution in [0.25, 0.3) is 0 Å². The van der Waals surface area contributed by atoms with Crippen molar-refractivity contribution in [1.82, 2.24) is 0 Å². The molecule has 0 aromatic carbocycles. The van der Waals surface area contributed by atoms with E-state index in [9.17, 15) is 0 Å². The van der Waals surface area contributed by atoms with Crippen LogP contribution in [0, 0.1) is 0 Å². The lowest BCUT2D eigenvalue weighted by Gasteiger charge is -2.32. The quantitative estimate of drug-likeness (QED) is 0.504. The third-order valence-corrected chi connectivity index (χ3v) is 2.60. The van der Waals surface area contributed by atoms with Crippen LogP contribution in [0.1, 0.15) is 12.8 Å². The Morgan fingerprint density at radius 3 is 2.50 bits per heavy atom. The smallest absolute Gasteiger partial charge is 0.147 e. The maximum Gasteiger partial charge on any atom is 0.147 e. The van der Waals surface area contributed by atoms with Crippen LogP contribution in [0.3, 0.4) is 0 Å². The molecular formula is C7H14N2O3. The predicted octanol–water partition coefficient (Wildman–Crippen LogP) is -0.892. The van der Waals surface area contributed by atoms with Crippen LogP contribution in [0.15, 0.2) is 0 Å². The van der Waals surface area contributed by atoms with Gasteiger partial charge in [0.1, 0.15) is 6.79 Å². The van der Waals surface area contributed by atoms with Gasteiger partial charge in [-0.1, -0.05) is 0 Å². The highest BCUT2D eigenvalue weighted by molar-refractivity contribution is 4.91. The fourth-order valence-corrected chi connectivity index (χ4v) is 1.85. The number of nitrogens with two attached hydrogens (primary N) is 2. The van der Waals surface area contributed by atoms with E-state index in [1.807, 2.05) is 0 Å². The Kier molecular flexibility index (Phi) is 2.29. The molecule has 1 saturated carbocycles. The Labute approximate surface area is 70.9 Å². The monoisotopic (exact) mass is 174 g/mol. The third-order valence-electron chi connectivity index (χ3n) is 2.60. The van der Waals surface area contributed by atoms with E-state index in [0.717, 1.165) is 12.8 Å². The molecule has 0 radical (unpaired) electrons. The third kappa shape index (κ3) is 1.34. The van der Waals surface area contributed by atoms with Crippen molar-refractivity contribution in [2.45, 2.75) is 37.2 Å². The summed E-state index contributed by atoms with van der Waals surface area (Å²) in [4.78, 5) is 4.75. The molecule has 0 aromatic heterocycles. The van der Waals surface area contributed by atoms with Crippen LogP contribution in [0.5, 0.6) is 0 Å². The zero-order valence-electron chi connectivity index (χ0n) is 6.81. The summed E-state index contributed by atoms with van der Waals surface area (Å²) < 4.78 is 10.6. The largest absolute Gasteiger partial charge is 0.349 e. The molecule has 5 heteroatoms. The van der Waals surface area contributed by atoms with E-state index < -0.39 is 0 Å². The lowest BCUT2D eigenvalue weighted by Crippen LogP contribution is -2.49. The number of ether oxygens (including phenoxy) is 2. The highest BCUT2D eigenvalue weighted by atomic mass is 16.7. The summed E-state index contributed by atoms with van der Waals surface area (Å²) in [5.41, 5.74) is 5.80. The average Bonchev–Trinajstić information content (AvgIpc) is 2.49. The first-order chi connectivity index (χ1) is 5.81. The lowest BCUT2D eigenvalue weighted by molar-refractivity contribution is -0.0375. The first-order valence-electron chi connectivity index (χ1n) is 4.15. The molecule has 1 saturated heterocycles. The second-order valence-electron chi connectivity index (χ2n) is 3.34. The van der Waals surface area contributed by atoms with Gasteiger partial charge in [-0.2, -0.15) is 0 Å². The Bertz CT molecular complexity index is 167. The van der Waals surface area contributed by atoms with Crippen LogP contribution in [-0.4, -0.2) is 31.1 Å². The maximum atomic E-state index is 5.80. The minimum atomic E-state index is -0.0899. The topological polar surface area (TPSA) is 79.7 Å². The minimum Gasteiger partial charge on any atom is -0.349 e. The molecular weight excluding hydrogens is 160 g/mol. The molecule has 70 valence electrons. The molecule has 1 aliphatic heterocycles. The van der Waals surface area contributed by atoms with Crippen molar-refractivity contribution < 1.29 is 14.3 Å². The van der Waals surface area contributed by atoms with E-state index in [0.29, 0.717) is 6.79 Å². The number of hydrogen-bond donors (Lipinski definition) is 2. The van der Waals surface area contributed by atoms with E-state index >= 15 is 0 Å². The van der Waals surface area contributed by atoms with Crippen molar-refractivity contribution in [1.29, 1.82) is 0 Å². The molecule has 2 aliphatic rings. The molecule has 12 heavy (non-hydrogen) atoms. The molecule has 2 fully saturated rings. The lowest BCUT2D eigenvalue weighted by atomic mass is 9.89. The van der Waals surface area contributed by atoms with Gasteiger partial charge < -0.3 is 15.2 Å². The molecule has 0 amide bonds. The second kappa shape index (κ2) is 3.27. The maximum absolute atomic E-state index is 5.80. The Balaban J connectivity index is 1.98. The van der Waals surface area contributed by atoms with Crippen LogP contribution < -0.4 is 11.6 Å². The van der Waals surface area contributed by atoms with Crippen LogP contribution in [0.2, 0.25) is 0 Å². The Morgan fingerprint density at radius 2 is 1.83 bits per heavy atom. The summed E-state index contributed by atoms with van der Waals surface area (Å²) in [6, 6.07) is -0.0297. The van der Waals surface area contributed by atoms with Gasteiger partial charge in [-0.3, -0.25) is 4.84 Å². The van der Waals surface area contributed by atoms with Crippen LogP contribution >= 0.6 is 0 Å². The van der Waals surface area contributed by atoms with Gasteiger partial charge in [-0.15, -0.1) is 0 Å². The summed E-state index contributed by atoms with van der Waals surface area (Å²) >= 11 is 0. The number of rotatable bonds is 1. The Hall–Kier alpha value is -0.200. The normalized spacial score (nSPS) is 47.5. The van der Waals surface area contributed by atoms with E-state index in [1.54, 1.807) is 0 Å². The average molecular weight is 174 g/mol. The van der Waals surface area contributed by atoms with Crippen molar-refractivity contribution in [2.75, 3.05) is 6.79 Å². The SMILES string of the molecule is NOC1CC2OCOC2CC1N. The molecule has 2 rings (SSSR count). The molecule has 1 aliphatic carbocycles. The molecule has 0 spiro atoms. The summed E-state index contributed by atoms with van der Waals surface area (Å²) in [7, 11) is 0. The van der Waals surface area contributed by atoms with Gasteiger partial charge in [0.2, 0.25) is 0 Å². The highest BCUT2D eigenvalue weighted by Gasteiger charge is 2.40. The molecule has 4 N–H and O–H groups in total. The number of hydrogen-bond acceptors (Lipinski definition) is 5. The van der Waals surface area contributed by atoms with Gasteiger partial charge in [-0.05, 0) is 6.42 Å². The van der Waals surface area contributed by atoms with Gasteiger partial charge in [0.05, 0.1) is 18.3 Å². The fourth-order valence-electron chi connectivity index (χ4n) is 1.85. The van der Waals surface area contributed by atoms with Crippen molar-refractivity contribution in [3.05, 3.63) is 0 Å². The van der Waals surface area contributed by atoms with Gasteiger partial charge in [-0.25, -0.2) is 5.90 Å². The summed E-state index contributed by atoms with van der Waals surface area (Å²) in [6.45, 7) is 0.374. The molecule has 5 nitrogen and oxygen atoms in total. The zero-order chi connectivity index (χ0) is 8.55. The van der Waals surface area contributed by atoms with Gasteiger partial charge in [0.25, 0.3) is 0 Å². The van der Waals surface area contributed by atoms with E-state index in [1.165, 1.54) is 0 Å². The molecule has 4 atom stereocenters. The predicted molar refractivity (Wildman–Crippen MR) is 40.9 cm³/mol. The molecule has 4 unspecified atom stereocenters. The Morgan fingerprint density at radius 1 is 1.17 bits per heavy atom. The van der Waals surface area contributed by atoms with E-state index in [4.69, 9.17) is 25.9 Å². The van der Waals surface area contributed by atoms with Crippen molar-refractivity contribution in [3.8, 4) is 0 Å². The fraction of sp³-hybridized carbons (Fsp3) is 1.00. The molecule has 1 heterocycles. The van der Waals surface area contributed by atoms with Crippen molar-refractivity contribution in [3.63, 3.8) is 0 Å². The zero-order valence-corrected chi connectivity index (χ0v) is 6.81. The molecule has 0 bridgehead atoms. The number of fused-ring (bicyclic) bond motifs is 1. The van der Waals surface area contributed by atoms with Gasteiger partial charge >= 0.3 is 0 Å². The standard InChI is InChI=1S/C7H14N2O3/c8-4-1-6-7(11-3-10-6)2-5(4)12-9/h4-7H,1-3,8-9H2. The van der Waals surface area contributed by atoms with Crippen molar-refractivity contribution in [2.24, 2.45) is 11.6 Å². The van der Waals surface area contributed by atoms with Gasteiger partial charge in [0, 0.05) is 12.5 Å². The van der Waals surface area contributed by atoms with Crippen LogP contribution in [-0.2, 0) is 14.3 Å². The van der Waals surface area contributed by atoms with E-state index in [2.05, 4.69) is 0 Å². The first-order valence-corrected chi connectivity index (χ1v) is 4.15. The summed E-state index contributed by atoms with van der Waals surface area (Å²) in [6.07, 6.45) is 1.69. The summed E-state index contributed by atoms with van der Waals surface area (Å²) in [5.74, 6) is 5.10. The van der Waals surface area contributed by atoms with E-state index in [-0.39, 0.29) is 24.4 Å². The first kappa shape index (κ1) is 8.40.